The second kappa shape index (κ2) is 12.9. The molecule has 184 valence electrons. The van der Waals surface area contributed by atoms with Gasteiger partial charge in [0.15, 0.2) is 0 Å². The number of carbonyl (C=O) groups excluding carboxylic acids is 3. The third-order valence-electron chi connectivity index (χ3n) is 5.59. The molecule has 33 heavy (non-hydrogen) atoms. The fourth-order valence-electron chi connectivity index (χ4n) is 3.87. The van der Waals surface area contributed by atoms with E-state index in [2.05, 4.69) is 4.74 Å². The highest BCUT2D eigenvalue weighted by molar-refractivity contribution is 6.29. The van der Waals surface area contributed by atoms with Gasteiger partial charge in [0.2, 0.25) is 0 Å². The van der Waals surface area contributed by atoms with Gasteiger partial charge in [-0.1, -0.05) is 35.4 Å². The molecule has 2 heterocycles. The fourth-order valence-corrected chi connectivity index (χ4v) is 4.07. The number of halogens is 1. The molecule has 0 amide bonds. The molecule has 0 aliphatic carbocycles. The third-order valence-corrected chi connectivity index (χ3v) is 5.93. The van der Waals surface area contributed by atoms with Gasteiger partial charge in [0.05, 0.1) is 26.1 Å². The molecule has 0 spiro atoms. The van der Waals surface area contributed by atoms with E-state index in [4.69, 9.17) is 25.8 Å². The Morgan fingerprint density at radius 3 is 2.73 bits per heavy atom. The van der Waals surface area contributed by atoms with Crippen LogP contribution in [0.25, 0.3) is 0 Å². The molecule has 0 aromatic heterocycles. The summed E-state index contributed by atoms with van der Waals surface area (Å²) >= 11 is 6.35. The van der Waals surface area contributed by atoms with Gasteiger partial charge < -0.3 is 24.1 Å². The molecule has 5 unspecified atom stereocenters. The Balaban J connectivity index is 2.24. The number of ether oxygens (including phenoxy) is 4. The van der Waals surface area contributed by atoms with Gasteiger partial charge in [-0.05, 0) is 38.7 Å². The van der Waals surface area contributed by atoms with Crippen LogP contribution in [-0.4, -0.2) is 60.6 Å². The average Bonchev–Trinajstić information content (AvgIpc) is 3.13. The standard InChI is InChI=1S/C24H33ClO8/c1-14(11-22(28)30-4)10-19(27)24-21-12-18(32-24)9-8-17(25)7-5-6-15(2)20(31-16(3)26)13-23(29)33-21/h6-7,10,18-21,24,27H,5,8-9,11-13H2,1-4H3/b14-10+,15-6-,17-7-. The molecule has 1 fully saturated rings. The first-order valence-corrected chi connectivity index (χ1v) is 11.4. The SMILES string of the molecule is COC(=O)C/C(C)=C/C(O)C1OC2CC/C(Cl)=C/C/C=C(/C)C(OC(C)=O)CC(=O)OC1C2. The van der Waals surface area contributed by atoms with Crippen LogP contribution in [0.15, 0.2) is 34.4 Å². The molecule has 2 aliphatic rings. The Kier molecular flexibility index (Phi) is 10.6. The summed E-state index contributed by atoms with van der Waals surface area (Å²) in [6, 6.07) is 0. The molecule has 2 aliphatic heterocycles. The van der Waals surface area contributed by atoms with Crippen molar-refractivity contribution >= 4 is 29.5 Å². The molecule has 0 saturated carbocycles. The van der Waals surface area contributed by atoms with Crippen molar-refractivity contribution < 1.29 is 38.4 Å². The van der Waals surface area contributed by atoms with Crippen molar-refractivity contribution in [3.8, 4) is 0 Å². The van der Waals surface area contributed by atoms with Crippen LogP contribution >= 0.6 is 11.6 Å². The van der Waals surface area contributed by atoms with Crippen LogP contribution in [0.2, 0.25) is 0 Å². The second-order valence-corrected chi connectivity index (χ2v) is 8.90. The predicted octanol–water partition coefficient (Wildman–Crippen LogP) is 3.50. The number of allylic oxidation sites excluding steroid dienone is 3. The van der Waals surface area contributed by atoms with Crippen LogP contribution in [-0.2, 0) is 33.3 Å². The number of esters is 3. The number of methoxy groups -OCH3 is 1. The van der Waals surface area contributed by atoms with Gasteiger partial charge in [0.1, 0.15) is 24.4 Å². The molecule has 0 aromatic rings. The van der Waals surface area contributed by atoms with E-state index in [0.717, 1.165) is 5.57 Å². The molecule has 5 atom stereocenters. The molecule has 1 N–H and O–H groups in total. The lowest BCUT2D eigenvalue weighted by molar-refractivity contribution is -0.159. The number of aliphatic hydroxyl groups is 1. The van der Waals surface area contributed by atoms with E-state index in [1.807, 2.05) is 12.2 Å². The summed E-state index contributed by atoms with van der Waals surface area (Å²) in [7, 11) is 1.29. The van der Waals surface area contributed by atoms with Crippen LogP contribution in [0.3, 0.4) is 0 Å². The summed E-state index contributed by atoms with van der Waals surface area (Å²) in [6.45, 7) is 4.77. The molecule has 0 aromatic carbocycles. The highest BCUT2D eigenvalue weighted by Crippen LogP contribution is 2.31. The minimum Gasteiger partial charge on any atom is -0.469 e. The summed E-state index contributed by atoms with van der Waals surface area (Å²) in [6.07, 6.45) is 3.64. The van der Waals surface area contributed by atoms with Gasteiger partial charge >= 0.3 is 17.9 Å². The molecule has 0 radical (unpaired) electrons. The van der Waals surface area contributed by atoms with Crippen molar-refractivity contribution in [2.24, 2.45) is 0 Å². The van der Waals surface area contributed by atoms with Gasteiger partial charge in [-0.3, -0.25) is 14.4 Å². The van der Waals surface area contributed by atoms with E-state index in [1.54, 1.807) is 13.8 Å². The van der Waals surface area contributed by atoms with Crippen LogP contribution < -0.4 is 0 Å². The van der Waals surface area contributed by atoms with Gasteiger partial charge in [-0.2, -0.15) is 0 Å². The quantitative estimate of drug-likeness (QED) is 0.359. The largest absolute Gasteiger partial charge is 0.469 e. The van der Waals surface area contributed by atoms with Gasteiger partial charge in [-0.15, -0.1) is 0 Å². The van der Waals surface area contributed by atoms with Crippen molar-refractivity contribution in [2.45, 2.75) is 89.8 Å². The lowest BCUT2D eigenvalue weighted by Gasteiger charge is -2.24. The molecule has 2 bridgehead atoms. The van der Waals surface area contributed by atoms with E-state index >= 15 is 0 Å². The van der Waals surface area contributed by atoms with Gasteiger partial charge in [0.25, 0.3) is 0 Å². The molecule has 2 rings (SSSR count). The number of hydrogen-bond donors (Lipinski definition) is 1. The van der Waals surface area contributed by atoms with E-state index in [0.29, 0.717) is 36.3 Å². The van der Waals surface area contributed by atoms with Gasteiger partial charge in [0, 0.05) is 18.4 Å². The normalized spacial score (nSPS) is 31.2. The topological polar surface area (TPSA) is 108 Å². The Hall–Kier alpha value is -2.16. The first-order valence-electron chi connectivity index (χ1n) is 11.0. The van der Waals surface area contributed by atoms with E-state index < -0.39 is 42.3 Å². The number of rotatable bonds is 5. The molecular weight excluding hydrogens is 452 g/mol. The summed E-state index contributed by atoms with van der Waals surface area (Å²) < 4.78 is 21.7. The van der Waals surface area contributed by atoms with E-state index in [1.165, 1.54) is 20.1 Å². The Labute approximate surface area is 199 Å². The minimum atomic E-state index is -1.09. The highest BCUT2D eigenvalue weighted by atomic mass is 35.5. The second-order valence-electron chi connectivity index (χ2n) is 8.42. The number of fused-ring (bicyclic) bond motifs is 2. The maximum atomic E-state index is 12.7. The summed E-state index contributed by atoms with van der Waals surface area (Å²) in [5.74, 6) is -1.48. The Bertz CT molecular complexity index is 815. The Morgan fingerprint density at radius 1 is 1.33 bits per heavy atom. The van der Waals surface area contributed by atoms with E-state index in [9.17, 15) is 19.5 Å². The highest BCUT2D eigenvalue weighted by Gasteiger charge is 2.41. The van der Waals surface area contributed by atoms with Crippen molar-refractivity contribution in [3.63, 3.8) is 0 Å². The first kappa shape index (κ1) is 27.1. The zero-order chi connectivity index (χ0) is 24.5. The van der Waals surface area contributed by atoms with E-state index in [-0.39, 0.29) is 18.9 Å². The molecule has 1 saturated heterocycles. The van der Waals surface area contributed by atoms with Crippen LogP contribution in [0.1, 0.15) is 59.3 Å². The van der Waals surface area contributed by atoms with Crippen molar-refractivity contribution in [2.75, 3.05) is 7.11 Å². The van der Waals surface area contributed by atoms with Crippen molar-refractivity contribution in [1.82, 2.24) is 0 Å². The zero-order valence-electron chi connectivity index (χ0n) is 19.5. The van der Waals surface area contributed by atoms with Crippen LogP contribution in [0.4, 0.5) is 0 Å². The maximum absolute atomic E-state index is 12.7. The van der Waals surface area contributed by atoms with Crippen molar-refractivity contribution in [1.29, 1.82) is 0 Å². The molecule has 8 nitrogen and oxygen atoms in total. The fraction of sp³-hybridized carbons (Fsp3) is 0.625. The number of carbonyl (C=O) groups is 3. The smallest absolute Gasteiger partial charge is 0.310 e. The molecular formula is C24H33ClO8. The lowest BCUT2D eigenvalue weighted by atomic mass is 10.0. The monoisotopic (exact) mass is 484 g/mol. The first-order chi connectivity index (χ1) is 15.6. The summed E-state index contributed by atoms with van der Waals surface area (Å²) in [5.41, 5.74) is 1.33. The maximum Gasteiger partial charge on any atom is 0.310 e. The summed E-state index contributed by atoms with van der Waals surface area (Å²) in [5, 5.41) is 11.4. The van der Waals surface area contributed by atoms with Gasteiger partial charge in [-0.25, -0.2) is 0 Å². The predicted molar refractivity (Wildman–Crippen MR) is 121 cm³/mol. The Morgan fingerprint density at radius 2 is 2.06 bits per heavy atom. The zero-order valence-corrected chi connectivity index (χ0v) is 20.3. The third kappa shape index (κ3) is 8.95. The van der Waals surface area contributed by atoms with Crippen LogP contribution in [0.5, 0.6) is 0 Å². The van der Waals surface area contributed by atoms with Crippen LogP contribution in [0, 0.1) is 0 Å². The minimum absolute atomic E-state index is 0.0320. The average molecular weight is 485 g/mol. The molecule has 9 heteroatoms. The number of hydrogen-bond acceptors (Lipinski definition) is 8. The summed E-state index contributed by atoms with van der Waals surface area (Å²) in [4.78, 5) is 35.8. The number of aliphatic hydroxyl groups excluding tert-OH is 1. The lowest BCUT2D eigenvalue weighted by Crippen LogP contribution is -2.37. The van der Waals surface area contributed by atoms with Crippen molar-refractivity contribution in [3.05, 3.63) is 34.4 Å².